The first-order valence-electron chi connectivity index (χ1n) is 6.97. The highest BCUT2D eigenvalue weighted by Crippen LogP contribution is 2.23. The second kappa shape index (κ2) is 6.85. The van der Waals surface area contributed by atoms with Crippen molar-refractivity contribution in [3.63, 3.8) is 0 Å². The van der Waals surface area contributed by atoms with Crippen LogP contribution in [0.1, 0.15) is 50.6 Å². The molecule has 1 amide bonds. The number of anilines is 1. The molecule has 2 rings (SSSR count). The molecule has 1 aromatic heterocycles. The fourth-order valence-electron chi connectivity index (χ4n) is 2.52. The van der Waals surface area contributed by atoms with E-state index in [1.807, 2.05) is 6.92 Å². The summed E-state index contributed by atoms with van der Waals surface area (Å²) in [6.45, 7) is 1.83. The Labute approximate surface area is 119 Å². The summed E-state index contributed by atoms with van der Waals surface area (Å²) >= 11 is 5.86. The van der Waals surface area contributed by atoms with Crippen LogP contribution in [0.4, 0.5) is 5.95 Å². The predicted molar refractivity (Wildman–Crippen MR) is 76.2 cm³/mol. The first kappa shape index (κ1) is 14.3. The van der Waals surface area contributed by atoms with Crippen molar-refractivity contribution in [3.8, 4) is 0 Å². The van der Waals surface area contributed by atoms with Gasteiger partial charge in [0.2, 0.25) is 11.9 Å². The summed E-state index contributed by atoms with van der Waals surface area (Å²) in [6, 6.07) is 1.67. The van der Waals surface area contributed by atoms with E-state index in [0.29, 0.717) is 11.1 Å². The molecule has 19 heavy (non-hydrogen) atoms. The minimum atomic E-state index is 0.0311. The van der Waals surface area contributed by atoms with Crippen LogP contribution >= 0.6 is 11.6 Å². The normalized spacial score (nSPS) is 17.6. The number of amides is 1. The van der Waals surface area contributed by atoms with Gasteiger partial charge in [-0.2, -0.15) is 0 Å². The second-order valence-electron chi connectivity index (χ2n) is 5.19. The third kappa shape index (κ3) is 4.46. The van der Waals surface area contributed by atoms with Crippen molar-refractivity contribution in [2.45, 2.75) is 51.9 Å². The second-order valence-corrected chi connectivity index (χ2v) is 5.57. The number of aromatic nitrogens is 2. The van der Waals surface area contributed by atoms with E-state index in [4.69, 9.17) is 11.6 Å². The van der Waals surface area contributed by atoms with Crippen LogP contribution in [0.2, 0.25) is 5.15 Å². The highest BCUT2D eigenvalue weighted by molar-refractivity contribution is 6.29. The molecule has 1 heterocycles. The van der Waals surface area contributed by atoms with Gasteiger partial charge in [0.05, 0.1) is 0 Å². The first-order chi connectivity index (χ1) is 9.15. The van der Waals surface area contributed by atoms with Crippen LogP contribution in [0.15, 0.2) is 6.07 Å². The molecule has 1 aliphatic rings. The highest BCUT2D eigenvalue weighted by Gasteiger charge is 2.20. The maximum absolute atomic E-state index is 12.2. The van der Waals surface area contributed by atoms with Crippen LogP contribution in [0.3, 0.4) is 0 Å². The first-order valence-corrected chi connectivity index (χ1v) is 7.35. The zero-order valence-electron chi connectivity index (χ0n) is 11.3. The zero-order valence-corrected chi connectivity index (χ0v) is 12.0. The number of hydrogen-bond donors (Lipinski definition) is 1. The fraction of sp³-hybridized carbons (Fsp3) is 0.643. The van der Waals surface area contributed by atoms with Crippen LogP contribution in [-0.2, 0) is 4.79 Å². The molecule has 5 heteroatoms. The van der Waals surface area contributed by atoms with Gasteiger partial charge in [0.25, 0.3) is 0 Å². The third-order valence-corrected chi connectivity index (χ3v) is 3.73. The van der Waals surface area contributed by atoms with E-state index < -0.39 is 0 Å². The van der Waals surface area contributed by atoms with Gasteiger partial charge in [-0.3, -0.25) is 10.1 Å². The van der Waals surface area contributed by atoms with Crippen LogP contribution in [0.25, 0.3) is 0 Å². The standard InChI is InChI=1S/C14H20ClN3O/c1-10-9-12(15)17-14(16-10)18-13(19)11-7-5-3-2-4-6-8-11/h9,11H,2-8H2,1H3,(H,16,17,18,19). The lowest BCUT2D eigenvalue weighted by Crippen LogP contribution is -2.24. The Morgan fingerprint density at radius 1 is 1.21 bits per heavy atom. The van der Waals surface area contributed by atoms with Crippen molar-refractivity contribution in [2.75, 3.05) is 5.32 Å². The zero-order chi connectivity index (χ0) is 13.7. The summed E-state index contributed by atoms with van der Waals surface area (Å²) in [7, 11) is 0. The number of nitrogens with one attached hydrogen (secondary N) is 1. The van der Waals surface area contributed by atoms with Gasteiger partial charge in [-0.25, -0.2) is 9.97 Å². The van der Waals surface area contributed by atoms with Gasteiger partial charge < -0.3 is 0 Å². The molecule has 0 saturated heterocycles. The van der Waals surface area contributed by atoms with E-state index in [1.165, 1.54) is 19.3 Å². The number of carbonyl (C=O) groups excluding carboxylic acids is 1. The molecule has 1 N–H and O–H groups in total. The average Bonchev–Trinajstić information content (AvgIpc) is 2.26. The lowest BCUT2D eigenvalue weighted by Gasteiger charge is -2.18. The van der Waals surface area contributed by atoms with E-state index in [2.05, 4.69) is 15.3 Å². The van der Waals surface area contributed by atoms with Crippen LogP contribution in [0.5, 0.6) is 0 Å². The molecule has 4 nitrogen and oxygen atoms in total. The van der Waals surface area contributed by atoms with E-state index >= 15 is 0 Å². The fourth-order valence-corrected chi connectivity index (χ4v) is 2.75. The Bertz CT molecular complexity index is 422. The lowest BCUT2D eigenvalue weighted by atomic mass is 9.90. The monoisotopic (exact) mass is 281 g/mol. The summed E-state index contributed by atoms with van der Waals surface area (Å²) in [5.74, 6) is 0.434. The minimum absolute atomic E-state index is 0.0311. The van der Waals surface area contributed by atoms with Crippen LogP contribution in [-0.4, -0.2) is 15.9 Å². The average molecular weight is 282 g/mol. The SMILES string of the molecule is Cc1cc(Cl)nc(NC(=O)C2CCCCCCC2)n1. The van der Waals surface area contributed by atoms with Gasteiger partial charge in [-0.05, 0) is 25.8 Å². The van der Waals surface area contributed by atoms with Gasteiger partial charge in [0.15, 0.2) is 0 Å². The largest absolute Gasteiger partial charge is 0.294 e. The molecule has 0 bridgehead atoms. The number of carbonyl (C=O) groups is 1. The molecular formula is C14H20ClN3O. The summed E-state index contributed by atoms with van der Waals surface area (Å²) < 4.78 is 0. The van der Waals surface area contributed by atoms with Crippen molar-refractivity contribution in [1.82, 2.24) is 9.97 Å². The lowest BCUT2D eigenvalue weighted by molar-refractivity contribution is -0.120. The number of hydrogen-bond acceptors (Lipinski definition) is 3. The topological polar surface area (TPSA) is 54.9 Å². The molecule has 0 atom stereocenters. The quantitative estimate of drug-likeness (QED) is 0.840. The molecule has 0 spiro atoms. The van der Waals surface area contributed by atoms with Gasteiger partial charge in [0.1, 0.15) is 5.15 Å². The van der Waals surface area contributed by atoms with E-state index in [-0.39, 0.29) is 11.8 Å². The molecule has 1 saturated carbocycles. The Morgan fingerprint density at radius 2 is 1.84 bits per heavy atom. The van der Waals surface area contributed by atoms with Gasteiger partial charge in [-0.1, -0.05) is 43.7 Å². The smallest absolute Gasteiger partial charge is 0.231 e. The van der Waals surface area contributed by atoms with Crippen molar-refractivity contribution in [3.05, 3.63) is 16.9 Å². The number of rotatable bonds is 2. The third-order valence-electron chi connectivity index (χ3n) is 3.53. The van der Waals surface area contributed by atoms with Crippen LogP contribution in [0, 0.1) is 12.8 Å². The summed E-state index contributed by atoms with van der Waals surface area (Å²) in [5.41, 5.74) is 0.757. The van der Waals surface area contributed by atoms with Crippen molar-refractivity contribution in [1.29, 1.82) is 0 Å². The minimum Gasteiger partial charge on any atom is -0.294 e. The van der Waals surface area contributed by atoms with Gasteiger partial charge in [0, 0.05) is 11.6 Å². The molecule has 0 aromatic carbocycles. The number of aryl methyl sites for hydroxylation is 1. The predicted octanol–water partition coefficient (Wildman–Crippen LogP) is 3.74. The van der Waals surface area contributed by atoms with Crippen LogP contribution < -0.4 is 5.32 Å². The molecule has 0 aliphatic heterocycles. The summed E-state index contributed by atoms with van der Waals surface area (Å²) in [6.07, 6.45) is 7.95. The van der Waals surface area contributed by atoms with Gasteiger partial charge >= 0.3 is 0 Å². The molecular weight excluding hydrogens is 262 g/mol. The molecule has 0 unspecified atom stereocenters. The summed E-state index contributed by atoms with van der Waals surface area (Å²) in [5, 5.41) is 3.16. The molecule has 104 valence electrons. The maximum atomic E-state index is 12.2. The number of nitrogens with zero attached hydrogens (tertiary/aromatic N) is 2. The summed E-state index contributed by atoms with van der Waals surface area (Å²) in [4.78, 5) is 20.4. The van der Waals surface area contributed by atoms with E-state index in [9.17, 15) is 4.79 Å². The van der Waals surface area contributed by atoms with E-state index in [1.54, 1.807) is 6.07 Å². The van der Waals surface area contributed by atoms with Gasteiger partial charge in [-0.15, -0.1) is 0 Å². The Kier molecular flexibility index (Phi) is 5.14. The van der Waals surface area contributed by atoms with Crippen molar-refractivity contribution >= 4 is 23.5 Å². The van der Waals surface area contributed by atoms with Crippen molar-refractivity contribution in [2.24, 2.45) is 5.92 Å². The number of halogens is 1. The molecule has 1 aromatic rings. The molecule has 1 aliphatic carbocycles. The van der Waals surface area contributed by atoms with E-state index in [0.717, 1.165) is 31.4 Å². The molecule has 0 radical (unpaired) electrons. The Morgan fingerprint density at radius 3 is 2.47 bits per heavy atom. The Hall–Kier alpha value is -1.16. The highest BCUT2D eigenvalue weighted by atomic mass is 35.5. The Balaban J connectivity index is 1.98. The molecule has 1 fully saturated rings. The van der Waals surface area contributed by atoms with Crippen molar-refractivity contribution < 1.29 is 4.79 Å². The maximum Gasteiger partial charge on any atom is 0.231 e.